The third-order valence-corrected chi connectivity index (χ3v) is 5.61. The Morgan fingerprint density at radius 2 is 2.40 bits per heavy atom. The van der Waals surface area contributed by atoms with Crippen LogP contribution in [-0.2, 0) is 0 Å². The summed E-state index contributed by atoms with van der Waals surface area (Å²) in [5, 5.41) is 9.32. The molecule has 1 heterocycles. The summed E-state index contributed by atoms with van der Waals surface area (Å²) >= 11 is 8.15. The predicted molar refractivity (Wildman–Crippen MR) is 53.2 cm³/mol. The van der Waals surface area contributed by atoms with Crippen LogP contribution in [0.25, 0.3) is 0 Å². The average Bonchev–Trinajstić information content (AvgIpc) is 2.37. The van der Waals surface area contributed by atoms with Gasteiger partial charge in [-0.05, 0) is 6.42 Å². The monoisotopic (exact) mass is 196 g/mol. The first kappa shape index (κ1) is 9.10. The molecule has 0 radical (unpaired) electrons. The van der Waals surface area contributed by atoms with Crippen LogP contribution in [0.3, 0.4) is 0 Å². The Labute approximate surface area is 75.8 Å². The Kier molecular flexibility index (Phi) is 4.37. The molecular formula is C6H12OS3. The lowest BCUT2D eigenvalue weighted by Gasteiger charge is -2.05. The number of hydrogen-bond acceptors (Lipinski definition) is 4. The Morgan fingerprint density at radius 1 is 1.60 bits per heavy atom. The van der Waals surface area contributed by atoms with E-state index in [0.29, 0.717) is 16.4 Å². The summed E-state index contributed by atoms with van der Waals surface area (Å²) in [6.45, 7) is 0.331. The van der Waals surface area contributed by atoms with Gasteiger partial charge in [-0.15, -0.1) is 23.5 Å². The maximum absolute atomic E-state index is 8.64. The van der Waals surface area contributed by atoms with E-state index < -0.39 is 0 Å². The second kappa shape index (κ2) is 4.80. The lowest BCUT2D eigenvalue weighted by atomic mass is 10.3. The molecule has 2 atom stereocenters. The van der Waals surface area contributed by atoms with E-state index in [1.165, 1.54) is 5.75 Å². The minimum Gasteiger partial charge on any atom is -0.396 e. The number of hydrogen-bond donors (Lipinski definition) is 2. The second-order valence-corrected chi connectivity index (χ2v) is 5.62. The molecule has 2 unspecified atom stereocenters. The lowest BCUT2D eigenvalue weighted by Crippen LogP contribution is -2.03. The Morgan fingerprint density at radius 3 is 2.90 bits per heavy atom. The lowest BCUT2D eigenvalue weighted by molar-refractivity contribution is 0.289. The van der Waals surface area contributed by atoms with Gasteiger partial charge in [0.15, 0.2) is 0 Å². The number of thiol groups is 1. The zero-order valence-electron chi connectivity index (χ0n) is 5.69. The summed E-state index contributed by atoms with van der Waals surface area (Å²) < 4.78 is 0.667. The second-order valence-electron chi connectivity index (χ2n) is 2.22. The minimum absolute atomic E-state index is 0.331. The molecule has 1 aliphatic rings. The molecule has 1 aliphatic heterocycles. The van der Waals surface area contributed by atoms with Crippen molar-refractivity contribution in [3.8, 4) is 0 Å². The number of aliphatic hydroxyl groups excluding tert-OH is 1. The Bertz CT molecular complexity index is 99.0. The highest BCUT2D eigenvalue weighted by molar-refractivity contribution is 8.21. The topological polar surface area (TPSA) is 20.2 Å². The summed E-state index contributed by atoms with van der Waals surface area (Å²) in [7, 11) is 0. The van der Waals surface area contributed by atoms with E-state index in [0.717, 1.165) is 12.2 Å². The van der Waals surface area contributed by atoms with Crippen LogP contribution in [0.15, 0.2) is 0 Å². The molecule has 0 saturated carbocycles. The molecule has 1 nitrogen and oxygen atoms in total. The van der Waals surface area contributed by atoms with Crippen LogP contribution in [0.1, 0.15) is 6.42 Å². The zero-order valence-corrected chi connectivity index (χ0v) is 8.22. The van der Waals surface area contributed by atoms with Gasteiger partial charge in [0.05, 0.1) is 4.58 Å². The molecule has 0 aromatic rings. The van der Waals surface area contributed by atoms with Gasteiger partial charge in [-0.1, -0.05) is 0 Å². The summed E-state index contributed by atoms with van der Waals surface area (Å²) in [5.41, 5.74) is 0. The first-order valence-corrected chi connectivity index (χ1v) is 5.98. The fourth-order valence-corrected chi connectivity index (χ4v) is 4.50. The summed E-state index contributed by atoms with van der Waals surface area (Å²) in [6, 6.07) is 0. The average molecular weight is 196 g/mol. The first-order chi connectivity index (χ1) is 4.86. The molecule has 0 bridgehead atoms. The van der Waals surface area contributed by atoms with E-state index in [1.54, 1.807) is 0 Å². The van der Waals surface area contributed by atoms with Gasteiger partial charge in [-0.2, -0.15) is 12.6 Å². The van der Waals surface area contributed by atoms with Crippen LogP contribution in [0.2, 0.25) is 0 Å². The van der Waals surface area contributed by atoms with Gasteiger partial charge in [-0.25, -0.2) is 0 Å². The molecule has 10 heavy (non-hydrogen) atoms. The third kappa shape index (κ3) is 2.57. The Balaban J connectivity index is 2.15. The quantitative estimate of drug-likeness (QED) is 0.667. The van der Waals surface area contributed by atoms with Crippen molar-refractivity contribution >= 4 is 36.2 Å². The van der Waals surface area contributed by atoms with Crippen molar-refractivity contribution in [1.82, 2.24) is 0 Å². The van der Waals surface area contributed by atoms with Gasteiger partial charge >= 0.3 is 0 Å². The van der Waals surface area contributed by atoms with Gasteiger partial charge < -0.3 is 5.11 Å². The van der Waals surface area contributed by atoms with Gasteiger partial charge in [-0.3, -0.25) is 0 Å². The van der Waals surface area contributed by atoms with Gasteiger partial charge in [0.25, 0.3) is 0 Å². The summed E-state index contributed by atoms with van der Waals surface area (Å²) in [4.78, 5) is 0. The smallest absolute Gasteiger partial charge is 0.0593 e. The number of rotatable bonds is 3. The molecule has 0 aromatic heterocycles. The molecule has 4 heteroatoms. The third-order valence-electron chi connectivity index (χ3n) is 1.41. The van der Waals surface area contributed by atoms with E-state index in [4.69, 9.17) is 5.11 Å². The molecule has 1 saturated heterocycles. The van der Waals surface area contributed by atoms with Crippen molar-refractivity contribution < 1.29 is 5.11 Å². The van der Waals surface area contributed by atoms with E-state index in [-0.39, 0.29) is 0 Å². The van der Waals surface area contributed by atoms with Crippen LogP contribution in [0.4, 0.5) is 0 Å². The molecule has 1 fully saturated rings. The van der Waals surface area contributed by atoms with Crippen LogP contribution in [-0.4, -0.2) is 33.1 Å². The highest BCUT2D eigenvalue weighted by Gasteiger charge is 2.23. The van der Waals surface area contributed by atoms with E-state index >= 15 is 0 Å². The van der Waals surface area contributed by atoms with Gasteiger partial charge in [0.2, 0.25) is 0 Å². The van der Waals surface area contributed by atoms with Crippen molar-refractivity contribution in [2.45, 2.75) is 16.3 Å². The number of thioether (sulfide) groups is 2. The van der Waals surface area contributed by atoms with Crippen LogP contribution in [0, 0.1) is 0 Å². The maximum Gasteiger partial charge on any atom is 0.0593 e. The fraction of sp³-hybridized carbons (Fsp3) is 1.00. The molecule has 1 rings (SSSR count). The highest BCUT2D eigenvalue weighted by Crippen LogP contribution is 2.39. The van der Waals surface area contributed by atoms with Crippen molar-refractivity contribution in [1.29, 1.82) is 0 Å². The van der Waals surface area contributed by atoms with E-state index in [2.05, 4.69) is 12.6 Å². The van der Waals surface area contributed by atoms with Crippen molar-refractivity contribution in [2.24, 2.45) is 0 Å². The van der Waals surface area contributed by atoms with Crippen molar-refractivity contribution in [2.75, 3.05) is 18.1 Å². The van der Waals surface area contributed by atoms with E-state index in [1.807, 2.05) is 23.5 Å². The van der Waals surface area contributed by atoms with Crippen molar-refractivity contribution in [3.63, 3.8) is 0 Å². The predicted octanol–water partition coefficient (Wildman–Crippen LogP) is 1.47. The molecule has 0 aromatic carbocycles. The van der Waals surface area contributed by atoms with E-state index in [9.17, 15) is 0 Å². The Hall–Kier alpha value is 1.01. The highest BCUT2D eigenvalue weighted by atomic mass is 32.2. The molecule has 1 N–H and O–H groups in total. The molecular weight excluding hydrogens is 184 g/mol. The van der Waals surface area contributed by atoms with Crippen molar-refractivity contribution in [3.05, 3.63) is 0 Å². The summed E-state index contributed by atoms with van der Waals surface area (Å²) in [5.74, 6) is 2.15. The molecule has 0 spiro atoms. The summed E-state index contributed by atoms with van der Waals surface area (Å²) in [6.07, 6.45) is 0.946. The molecule has 0 amide bonds. The largest absolute Gasteiger partial charge is 0.396 e. The number of aliphatic hydroxyl groups is 1. The van der Waals surface area contributed by atoms with Crippen LogP contribution in [0.5, 0.6) is 0 Å². The zero-order chi connectivity index (χ0) is 7.40. The minimum atomic E-state index is 0.331. The first-order valence-electron chi connectivity index (χ1n) is 3.35. The molecule has 60 valence electrons. The fourth-order valence-electron chi connectivity index (χ4n) is 0.899. The maximum atomic E-state index is 8.64. The van der Waals surface area contributed by atoms with Gasteiger partial charge in [0.1, 0.15) is 0 Å². The normalized spacial score (nSPS) is 33.0. The standard InChI is InChI=1S/C6H12OS3/c7-2-1-5-4-9-6(3-8)10-5/h5-8H,1-4H2. The van der Waals surface area contributed by atoms with Gasteiger partial charge in [0, 0.05) is 23.4 Å². The van der Waals surface area contributed by atoms with Crippen LogP contribution < -0.4 is 0 Å². The SMILES string of the molecule is OCCC1CSC(CS)S1. The van der Waals surface area contributed by atoms with Crippen LogP contribution >= 0.6 is 36.2 Å². The molecule has 0 aliphatic carbocycles.